The van der Waals surface area contributed by atoms with Gasteiger partial charge in [0.25, 0.3) is 0 Å². The first-order valence-electron chi connectivity index (χ1n) is 3.65. The summed E-state index contributed by atoms with van der Waals surface area (Å²) in [6.45, 7) is 4.04. The molecular formula is C8H10Cl2O2. The molecule has 0 spiro atoms. The molecule has 2 nitrogen and oxygen atoms in total. The van der Waals surface area contributed by atoms with E-state index in [1.165, 1.54) is 0 Å². The number of carbonyl (C=O) groups excluding carboxylic acids is 1. The molecule has 1 aliphatic carbocycles. The quantitative estimate of drug-likeness (QED) is 0.516. The van der Waals surface area contributed by atoms with Gasteiger partial charge in [0.1, 0.15) is 10.8 Å². The zero-order valence-corrected chi connectivity index (χ0v) is 8.45. The van der Waals surface area contributed by atoms with Crippen LogP contribution < -0.4 is 0 Å². The molecule has 0 unspecified atom stereocenters. The minimum Gasteiger partial charge on any atom is -0.432 e. The van der Waals surface area contributed by atoms with Crippen LogP contribution in [0, 0.1) is 11.3 Å². The van der Waals surface area contributed by atoms with E-state index >= 15 is 0 Å². The van der Waals surface area contributed by atoms with E-state index in [0.29, 0.717) is 0 Å². The Morgan fingerprint density at radius 3 is 2.42 bits per heavy atom. The number of ether oxygens (including phenoxy) is 1. The highest BCUT2D eigenvalue weighted by Crippen LogP contribution is 2.52. The van der Waals surface area contributed by atoms with Gasteiger partial charge in [0, 0.05) is 0 Å². The van der Waals surface area contributed by atoms with Crippen LogP contribution >= 0.6 is 23.2 Å². The Morgan fingerprint density at radius 2 is 2.08 bits per heavy atom. The van der Waals surface area contributed by atoms with Crippen molar-refractivity contribution in [3.05, 3.63) is 10.8 Å². The summed E-state index contributed by atoms with van der Waals surface area (Å²) in [5.41, 5.74) is 0.0870. The first kappa shape index (κ1) is 9.87. The summed E-state index contributed by atoms with van der Waals surface area (Å²) in [6.07, 6.45) is 1.93. The van der Waals surface area contributed by atoms with E-state index in [1.54, 1.807) is 0 Å². The molecule has 4 heteroatoms. The van der Waals surface area contributed by atoms with E-state index < -0.39 is 0 Å². The first-order valence-corrected chi connectivity index (χ1v) is 4.41. The van der Waals surface area contributed by atoms with Crippen molar-refractivity contribution >= 4 is 29.2 Å². The van der Waals surface area contributed by atoms with E-state index in [9.17, 15) is 4.79 Å². The van der Waals surface area contributed by atoms with Crippen molar-refractivity contribution in [1.29, 1.82) is 0 Å². The highest BCUT2D eigenvalue weighted by Gasteiger charge is 2.51. The van der Waals surface area contributed by atoms with Gasteiger partial charge in [-0.1, -0.05) is 37.0 Å². The van der Waals surface area contributed by atoms with Crippen molar-refractivity contribution in [2.75, 3.05) is 0 Å². The lowest BCUT2D eigenvalue weighted by atomic mass is 10.1. The second kappa shape index (κ2) is 3.27. The Balaban J connectivity index is 2.37. The molecular weight excluding hydrogens is 199 g/mol. The molecule has 0 aliphatic heterocycles. The molecule has 1 saturated carbocycles. The Morgan fingerprint density at radius 1 is 1.58 bits per heavy atom. The second-order valence-corrected chi connectivity index (χ2v) is 4.60. The van der Waals surface area contributed by atoms with E-state index in [4.69, 9.17) is 27.9 Å². The van der Waals surface area contributed by atoms with Crippen molar-refractivity contribution in [3.63, 3.8) is 0 Å². The fourth-order valence-corrected chi connectivity index (χ4v) is 1.14. The molecule has 0 bridgehead atoms. The van der Waals surface area contributed by atoms with Gasteiger partial charge in [0.05, 0.1) is 5.92 Å². The molecule has 0 aromatic carbocycles. The van der Waals surface area contributed by atoms with Gasteiger partial charge in [-0.25, -0.2) is 0 Å². The van der Waals surface area contributed by atoms with Crippen molar-refractivity contribution in [3.8, 4) is 0 Å². The predicted molar refractivity (Wildman–Crippen MR) is 47.8 cm³/mol. The first-order chi connectivity index (χ1) is 5.43. The molecule has 1 aliphatic rings. The minimum absolute atomic E-state index is 0.00133. The monoisotopic (exact) mass is 208 g/mol. The predicted octanol–water partition coefficient (Wildman–Crippen LogP) is 2.85. The summed E-state index contributed by atoms with van der Waals surface area (Å²) in [4.78, 5) is 11.1. The number of halogens is 2. The van der Waals surface area contributed by atoms with E-state index in [1.807, 2.05) is 13.8 Å². The molecule has 1 fully saturated rings. The molecule has 0 aromatic rings. The fourth-order valence-electron chi connectivity index (χ4n) is 1.05. The molecule has 1 rings (SSSR count). The molecule has 0 amide bonds. The smallest absolute Gasteiger partial charge is 0.314 e. The van der Waals surface area contributed by atoms with Crippen LogP contribution in [0.5, 0.6) is 0 Å². The summed E-state index contributed by atoms with van der Waals surface area (Å²) >= 11 is 10.5. The molecule has 0 heterocycles. The van der Waals surface area contributed by atoms with Crippen LogP contribution in [0.2, 0.25) is 0 Å². The summed E-state index contributed by atoms with van der Waals surface area (Å²) < 4.78 is 4.66. The highest BCUT2D eigenvalue weighted by atomic mass is 35.5. The molecule has 0 saturated heterocycles. The lowest BCUT2D eigenvalue weighted by Crippen LogP contribution is -2.06. The number of hydrogen-bond donors (Lipinski definition) is 0. The zero-order valence-electron chi connectivity index (χ0n) is 6.93. The van der Waals surface area contributed by atoms with E-state index in [-0.39, 0.29) is 21.8 Å². The molecule has 0 radical (unpaired) electrons. The molecule has 12 heavy (non-hydrogen) atoms. The van der Waals surface area contributed by atoms with Crippen molar-refractivity contribution in [2.45, 2.75) is 20.3 Å². The Labute approximate surface area is 81.5 Å². The van der Waals surface area contributed by atoms with Gasteiger partial charge in [0.2, 0.25) is 0 Å². The third-order valence-corrected chi connectivity index (χ3v) is 2.24. The van der Waals surface area contributed by atoms with Crippen LogP contribution in [0.25, 0.3) is 0 Å². The van der Waals surface area contributed by atoms with Gasteiger partial charge in [0.15, 0.2) is 0 Å². The van der Waals surface area contributed by atoms with Gasteiger partial charge in [-0.3, -0.25) is 4.79 Å². The largest absolute Gasteiger partial charge is 0.432 e. The fraction of sp³-hybridized carbons (Fsp3) is 0.625. The zero-order chi connectivity index (χ0) is 9.35. The molecule has 0 N–H and O–H groups in total. The van der Waals surface area contributed by atoms with Crippen molar-refractivity contribution in [2.24, 2.45) is 11.3 Å². The van der Waals surface area contributed by atoms with Gasteiger partial charge < -0.3 is 4.74 Å². The average Bonchev–Trinajstić information content (AvgIpc) is 2.55. The van der Waals surface area contributed by atoms with Crippen molar-refractivity contribution < 1.29 is 9.53 Å². The number of esters is 1. The van der Waals surface area contributed by atoms with Crippen LogP contribution in [0.15, 0.2) is 10.8 Å². The Hall–Kier alpha value is -0.210. The standard InChI is InChI=1S/C8H10Cl2O2/c1-8(2)3-5(8)7(11)12-4-6(9)10/h4-5H,3H2,1-2H3/t5-/m1/s1. The Kier molecular flexibility index (Phi) is 2.69. The summed E-state index contributed by atoms with van der Waals surface area (Å²) in [7, 11) is 0. The number of rotatable bonds is 2. The lowest BCUT2D eigenvalue weighted by Gasteiger charge is -2.00. The van der Waals surface area contributed by atoms with Crippen LogP contribution in [0.3, 0.4) is 0 Å². The van der Waals surface area contributed by atoms with Gasteiger partial charge >= 0.3 is 5.97 Å². The van der Waals surface area contributed by atoms with Crippen LogP contribution in [0.1, 0.15) is 20.3 Å². The molecule has 68 valence electrons. The molecule has 1 atom stereocenters. The van der Waals surface area contributed by atoms with Crippen LogP contribution in [-0.4, -0.2) is 5.97 Å². The van der Waals surface area contributed by atoms with E-state index in [0.717, 1.165) is 12.7 Å². The summed E-state index contributed by atoms with van der Waals surface area (Å²) in [5, 5.41) is 0. The van der Waals surface area contributed by atoms with Crippen molar-refractivity contribution in [1.82, 2.24) is 0 Å². The summed E-state index contributed by atoms with van der Waals surface area (Å²) in [6, 6.07) is 0. The van der Waals surface area contributed by atoms with E-state index in [2.05, 4.69) is 0 Å². The third kappa shape index (κ3) is 2.39. The SMILES string of the molecule is CC1(C)C[C@@H]1C(=O)OC=C(Cl)Cl. The Bertz CT molecular complexity index is 229. The topological polar surface area (TPSA) is 26.3 Å². The van der Waals surface area contributed by atoms with Gasteiger partial charge in [-0.2, -0.15) is 0 Å². The van der Waals surface area contributed by atoms with Gasteiger partial charge in [-0.05, 0) is 11.8 Å². The average molecular weight is 209 g/mol. The maximum Gasteiger partial charge on any atom is 0.314 e. The molecule has 0 aromatic heterocycles. The van der Waals surface area contributed by atoms with Gasteiger partial charge in [-0.15, -0.1) is 0 Å². The third-order valence-electron chi connectivity index (χ3n) is 2.06. The lowest BCUT2D eigenvalue weighted by molar-refractivity contribution is -0.140. The normalized spacial score (nSPS) is 24.5. The second-order valence-electron chi connectivity index (χ2n) is 3.59. The maximum atomic E-state index is 11.1. The highest BCUT2D eigenvalue weighted by molar-refractivity contribution is 6.55. The van der Waals surface area contributed by atoms with Crippen LogP contribution in [0.4, 0.5) is 0 Å². The number of hydrogen-bond acceptors (Lipinski definition) is 2. The maximum absolute atomic E-state index is 11.1. The van der Waals surface area contributed by atoms with Crippen LogP contribution in [-0.2, 0) is 9.53 Å². The summed E-state index contributed by atoms with van der Waals surface area (Å²) in [5.74, 6) is -0.250. The minimum atomic E-state index is -0.251. The number of carbonyl (C=O) groups is 1.